The molecule has 1 aliphatic heterocycles. The number of likely N-dealkylation sites (tertiary alicyclic amines) is 1. The van der Waals surface area contributed by atoms with E-state index in [1.165, 1.54) is 36.9 Å². The Morgan fingerprint density at radius 2 is 2.47 bits per heavy atom. The van der Waals surface area contributed by atoms with E-state index in [2.05, 4.69) is 39.4 Å². The highest BCUT2D eigenvalue weighted by molar-refractivity contribution is 5.79. The highest BCUT2D eigenvalue weighted by Gasteiger charge is 2.22. The maximum Gasteiger partial charge on any atom is 0.137 e. The van der Waals surface area contributed by atoms with E-state index in [-0.39, 0.29) is 0 Å². The van der Waals surface area contributed by atoms with Crippen molar-refractivity contribution >= 4 is 11.0 Å². The van der Waals surface area contributed by atoms with Crippen LogP contribution in [0.1, 0.15) is 25.3 Å². The van der Waals surface area contributed by atoms with Gasteiger partial charge < -0.3 is 10.3 Å². The van der Waals surface area contributed by atoms with Crippen LogP contribution in [0.15, 0.2) is 24.5 Å². The maximum atomic E-state index is 4.32. The van der Waals surface area contributed by atoms with Crippen molar-refractivity contribution in [1.82, 2.24) is 20.2 Å². The number of hydrogen-bond donors (Lipinski definition) is 2. The summed E-state index contributed by atoms with van der Waals surface area (Å²) in [6.07, 6.45) is 6.57. The quantitative estimate of drug-likeness (QED) is 0.863. The first-order chi connectivity index (χ1) is 9.38. The third-order valence-corrected chi connectivity index (χ3v) is 4.14. The Hall–Kier alpha value is -1.39. The second kappa shape index (κ2) is 5.72. The number of rotatable bonds is 5. The van der Waals surface area contributed by atoms with E-state index < -0.39 is 0 Å². The van der Waals surface area contributed by atoms with Crippen molar-refractivity contribution in [2.45, 2.75) is 32.4 Å². The lowest BCUT2D eigenvalue weighted by atomic mass is 10.2. The van der Waals surface area contributed by atoms with Gasteiger partial charge in [-0.1, -0.05) is 6.92 Å². The van der Waals surface area contributed by atoms with Crippen molar-refractivity contribution in [1.29, 1.82) is 0 Å². The number of nitrogens with one attached hydrogen (secondary N) is 2. The highest BCUT2D eigenvalue weighted by atomic mass is 15.2. The second-order valence-corrected chi connectivity index (χ2v) is 5.27. The Morgan fingerprint density at radius 3 is 3.37 bits per heavy atom. The molecule has 1 fully saturated rings. The first-order valence-electron chi connectivity index (χ1n) is 7.24. The molecule has 2 N–H and O–H groups in total. The van der Waals surface area contributed by atoms with Gasteiger partial charge in [0.2, 0.25) is 0 Å². The first-order valence-corrected chi connectivity index (χ1v) is 7.24. The molecular weight excluding hydrogens is 236 g/mol. The van der Waals surface area contributed by atoms with E-state index in [9.17, 15) is 0 Å². The second-order valence-electron chi connectivity index (χ2n) is 5.27. The van der Waals surface area contributed by atoms with Crippen LogP contribution in [0.4, 0.5) is 0 Å². The summed E-state index contributed by atoms with van der Waals surface area (Å²) < 4.78 is 0. The van der Waals surface area contributed by atoms with Crippen LogP contribution in [-0.4, -0.2) is 40.5 Å². The predicted octanol–water partition coefficient (Wildman–Crippen LogP) is 2.14. The molecule has 2 aromatic heterocycles. The van der Waals surface area contributed by atoms with Crippen LogP contribution < -0.4 is 5.32 Å². The van der Waals surface area contributed by atoms with Crippen molar-refractivity contribution in [2.24, 2.45) is 0 Å². The monoisotopic (exact) mass is 258 g/mol. The van der Waals surface area contributed by atoms with Crippen molar-refractivity contribution in [3.05, 3.63) is 30.1 Å². The SMILES string of the molecule is CCN1CCCC1CNCc1c[nH]c2ncccc12. The van der Waals surface area contributed by atoms with Gasteiger partial charge in [-0.2, -0.15) is 0 Å². The largest absolute Gasteiger partial charge is 0.346 e. The third kappa shape index (κ3) is 2.65. The number of pyridine rings is 1. The Bertz CT molecular complexity index is 534. The van der Waals surface area contributed by atoms with E-state index in [1.807, 2.05) is 12.3 Å². The fourth-order valence-electron chi connectivity index (χ4n) is 3.07. The Balaban J connectivity index is 1.57. The van der Waals surface area contributed by atoms with E-state index in [4.69, 9.17) is 0 Å². The minimum atomic E-state index is 0.716. The number of aromatic nitrogens is 2. The molecule has 4 heteroatoms. The van der Waals surface area contributed by atoms with Crippen LogP contribution in [0.5, 0.6) is 0 Å². The van der Waals surface area contributed by atoms with Gasteiger partial charge in [0.05, 0.1) is 0 Å². The number of aromatic amines is 1. The van der Waals surface area contributed by atoms with Crippen LogP contribution >= 0.6 is 0 Å². The van der Waals surface area contributed by atoms with E-state index in [0.717, 1.165) is 18.7 Å². The molecule has 0 aliphatic carbocycles. The van der Waals surface area contributed by atoms with Crippen LogP contribution in [-0.2, 0) is 6.54 Å². The number of H-pyrrole nitrogens is 1. The molecule has 0 bridgehead atoms. The van der Waals surface area contributed by atoms with Crippen molar-refractivity contribution in [3.8, 4) is 0 Å². The Labute approximate surface area is 114 Å². The summed E-state index contributed by atoms with van der Waals surface area (Å²) in [5.41, 5.74) is 2.29. The molecule has 3 rings (SSSR count). The molecule has 3 heterocycles. The molecule has 1 unspecified atom stereocenters. The van der Waals surface area contributed by atoms with Crippen molar-refractivity contribution < 1.29 is 0 Å². The highest BCUT2D eigenvalue weighted by Crippen LogP contribution is 2.17. The van der Waals surface area contributed by atoms with Gasteiger partial charge in [-0.25, -0.2) is 4.98 Å². The maximum absolute atomic E-state index is 4.32. The minimum absolute atomic E-state index is 0.716. The lowest BCUT2D eigenvalue weighted by Crippen LogP contribution is -2.37. The summed E-state index contributed by atoms with van der Waals surface area (Å²) >= 11 is 0. The Kier molecular flexibility index (Phi) is 3.80. The van der Waals surface area contributed by atoms with E-state index in [0.29, 0.717) is 6.04 Å². The number of fused-ring (bicyclic) bond motifs is 1. The number of hydrogen-bond acceptors (Lipinski definition) is 3. The number of nitrogens with zero attached hydrogens (tertiary/aromatic N) is 2. The average molecular weight is 258 g/mol. The van der Waals surface area contributed by atoms with Gasteiger partial charge in [0.15, 0.2) is 0 Å². The molecule has 102 valence electrons. The molecule has 2 aromatic rings. The lowest BCUT2D eigenvalue weighted by molar-refractivity contribution is 0.260. The molecule has 1 aliphatic rings. The van der Waals surface area contributed by atoms with Gasteiger partial charge in [-0.3, -0.25) is 4.90 Å². The zero-order valence-corrected chi connectivity index (χ0v) is 11.5. The fourth-order valence-corrected chi connectivity index (χ4v) is 3.07. The summed E-state index contributed by atoms with van der Waals surface area (Å²) in [4.78, 5) is 10.1. The van der Waals surface area contributed by atoms with Crippen LogP contribution in [0.2, 0.25) is 0 Å². The smallest absolute Gasteiger partial charge is 0.137 e. The predicted molar refractivity (Wildman–Crippen MR) is 78.1 cm³/mol. The molecule has 0 aromatic carbocycles. The third-order valence-electron chi connectivity index (χ3n) is 4.14. The minimum Gasteiger partial charge on any atom is -0.346 e. The lowest BCUT2D eigenvalue weighted by Gasteiger charge is -2.22. The first kappa shape index (κ1) is 12.6. The molecule has 0 amide bonds. The van der Waals surface area contributed by atoms with Crippen LogP contribution in [0.3, 0.4) is 0 Å². The summed E-state index contributed by atoms with van der Waals surface area (Å²) in [5.74, 6) is 0. The molecule has 1 saturated heterocycles. The molecule has 4 nitrogen and oxygen atoms in total. The molecule has 0 saturated carbocycles. The van der Waals surface area contributed by atoms with Gasteiger partial charge in [0, 0.05) is 36.9 Å². The summed E-state index contributed by atoms with van der Waals surface area (Å²) in [7, 11) is 0. The molecule has 19 heavy (non-hydrogen) atoms. The van der Waals surface area contributed by atoms with Crippen molar-refractivity contribution in [2.75, 3.05) is 19.6 Å². The Morgan fingerprint density at radius 1 is 1.53 bits per heavy atom. The van der Waals surface area contributed by atoms with Crippen LogP contribution in [0, 0.1) is 0 Å². The zero-order valence-electron chi connectivity index (χ0n) is 11.5. The van der Waals surface area contributed by atoms with Gasteiger partial charge in [-0.15, -0.1) is 0 Å². The summed E-state index contributed by atoms with van der Waals surface area (Å²) in [6.45, 7) is 6.69. The van der Waals surface area contributed by atoms with E-state index >= 15 is 0 Å². The average Bonchev–Trinajstić information content (AvgIpc) is 3.06. The summed E-state index contributed by atoms with van der Waals surface area (Å²) in [6, 6.07) is 4.84. The molecule has 0 spiro atoms. The molecule has 0 radical (unpaired) electrons. The van der Waals surface area contributed by atoms with Gasteiger partial charge >= 0.3 is 0 Å². The zero-order chi connectivity index (χ0) is 13.1. The molecule has 1 atom stereocenters. The normalized spacial score (nSPS) is 20.4. The van der Waals surface area contributed by atoms with Crippen molar-refractivity contribution in [3.63, 3.8) is 0 Å². The number of likely N-dealkylation sites (N-methyl/N-ethyl adjacent to an activating group) is 1. The standard InChI is InChI=1S/C15H22N4/c1-2-19-8-4-5-13(19)11-16-9-12-10-18-15-14(12)6-3-7-17-15/h3,6-7,10,13,16H,2,4-5,8-9,11H2,1H3,(H,17,18). The van der Waals surface area contributed by atoms with Crippen LogP contribution in [0.25, 0.3) is 11.0 Å². The summed E-state index contributed by atoms with van der Waals surface area (Å²) in [5, 5.41) is 4.83. The van der Waals surface area contributed by atoms with Gasteiger partial charge in [-0.05, 0) is 43.6 Å². The van der Waals surface area contributed by atoms with E-state index in [1.54, 1.807) is 0 Å². The topological polar surface area (TPSA) is 44.0 Å². The fraction of sp³-hybridized carbons (Fsp3) is 0.533. The van der Waals surface area contributed by atoms with Gasteiger partial charge in [0.1, 0.15) is 5.65 Å². The molecular formula is C15H22N4. The van der Waals surface area contributed by atoms with Gasteiger partial charge in [0.25, 0.3) is 0 Å².